The number of ether oxygens (including phenoxy) is 6. The van der Waals surface area contributed by atoms with E-state index in [9.17, 15) is 0 Å². The third kappa shape index (κ3) is 5.05. The standard InChI is InChI=1S/C29H34O6/c1-30-25-24(35-28(33-4)27(32-3)26(25)31-2)20-34-29(21-14-8-5-9-15-21,22-16-10-6-11-17-22)23-18-12-7-13-19-23/h5-19,24-28H,20H2,1-4H3/t24-,25-,26+,27+,28+/m1/s1. The van der Waals surface area contributed by atoms with Crippen LogP contribution in [-0.2, 0) is 34.0 Å². The molecule has 6 heteroatoms. The van der Waals surface area contributed by atoms with Crippen molar-refractivity contribution in [3.63, 3.8) is 0 Å². The maximum Gasteiger partial charge on any atom is 0.186 e. The van der Waals surface area contributed by atoms with Crippen molar-refractivity contribution >= 4 is 0 Å². The van der Waals surface area contributed by atoms with E-state index in [1.54, 1.807) is 28.4 Å². The maximum atomic E-state index is 6.96. The van der Waals surface area contributed by atoms with Gasteiger partial charge in [0.25, 0.3) is 0 Å². The highest BCUT2D eigenvalue weighted by molar-refractivity contribution is 5.47. The molecule has 186 valence electrons. The molecule has 0 unspecified atom stereocenters. The summed E-state index contributed by atoms with van der Waals surface area (Å²) in [4.78, 5) is 0. The van der Waals surface area contributed by atoms with Gasteiger partial charge in [0.1, 0.15) is 30.0 Å². The van der Waals surface area contributed by atoms with Crippen LogP contribution in [0.4, 0.5) is 0 Å². The predicted octanol–water partition coefficient (Wildman–Crippen LogP) is 4.41. The minimum Gasteiger partial charge on any atom is -0.376 e. The van der Waals surface area contributed by atoms with Gasteiger partial charge in [-0.15, -0.1) is 0 Å². The zero-order valence-corrected chi connectivity index (χ0v) is 20.7. The van der Waals surface area contributed by atoms with Crippen molar-refractivity contribution in [2.75, 3.05) is 35.0 Å². The Balaban J connectivity index is 1.77. The highest BCUT2D eigenvalue weighted by Gasteiger charge is 2.48. The van der Waals surface area contributed by atoms with Crippen LogP contribution in [0.2, 0.25) is 0 Å². The van der Waals surface area contributed by atoms with E-state index in [0.29, 0.717) is 0 Å². The molecule has 35 heavy (non-hydrogen) atoms. The molecule has 0 aliphatic carbocycles. The molecule has 1 fully saturated rings. The van der Waals surface area contributed by atoms with Crippen LogP contribution in [0, 0.1) is 0 Å². The Morgan fingerprint density at radius 1 is 0.571 bits per heavy atom. The van der Waals surface area contributed by atoms with Gasteiger partial charge in [-0.1, -0.05) is 91.0 Å². The van der Waals surface area contributed by atoms with Crippen molar-refractivity contribution in [3.8, 4) is 0 Å². The number of rotatable bonds is 10. The molecule has 1 aliphatic heterocycles. The Morgan fingerprint density at radius 2 is 1.00 bits per heavy atom. The second-order valence-corrected chi connectivity index (χ2v) is 8.47. The third-order valence-electron chi connectivity index (χ3n) is 6.65. The van der Waals surface area contributed by atoms with Gasteiger partial charge in [0.15, 0.2) is 6.29 Å². The van der Waals surface area contributed by atoms with Gasteiger partial charge >= 0.3 is 0 Å². The molecular formula is C29H34O6. The minimum atomic E-state index is -0.866. The Hall–Kier alpha value is -2.58. The topological polar surface area (TPSA) is 55.4 Å². The van der Waals surface area contributed by atoms with Crippen molar-refractivity contribution in [1.82, 2.24) is 0 Å². The molecular weight excluding hydrogens is 444 g/mol. The van der Waals surface area contributed by atoms with Crippen LogP contribution in [0.5, 0.6) is 0 Å². The molecule has 0 N–H and O–H groups in total. The van der Waals surface area contributed by atoms with Crippen molar-refractivity contribution in [1.29, 1.82) is 0 Å². The summed E-state index contributed by atoms with van der Waals surface area (Å²) in [6.07, 6.45) is -2.33. The molecule has 1 aliphatic rings. The van der Waals surface area contributed by atoms with Crippen molar-refractivity contribution in [3.05, 3.63) is 108 Å². The smallest absolute Gasteiger partial charge is 0.186 e. The van der Waals surface area contributed by atoms with Crippen LogP contribution in [0.3, 0.4) is 0 Å². The second-order valence-electron chi connectivity index (χ2n) is 8.47. The fourth-order valence-corrected chi connectivity index (χ4v) is 4.98. The molecule has 1 saturated heterocycles. The first-order chi connectivity index (χ1) is 17.2. The third-order valence-corrected chi connectivity index (χ3v) is 6.65. The Labute approximate surface area is 207 Å². The zero-order chi connectivity index (χ0) is 24.7. The number of hydrogen-bond acceptors (Lipinski definition) is 6. The molecule has 0 bridgehead atoms. The van der Waals surface area contributed by atoms with E-state index in [1.807, 2.05) is 54.6 Å². The van der Waals surface area contributed by atoms with Crippen LogP contribution < -0.4 is 0 Å². The average molecular weight is 479 g/mol. The van der Waals surface area contributed by atoms with E-state index in [4.69, 9.17) is 28.4 Å². The minimum absolute atomic E-state index is 0.230. The summed E-state index contributed by atoms with van der Waals surface area (Å²) in [7, 11) is 6.49. The summed E-state index contributed by atoms with van der Waals surface area (Å²) in [5.41, 5.74) is 2.19. The van der Waals surface area contributed by atoms with Crippen LogP contribution in [0.15, 0.2) is 91.0 Å². The summed E-state index contributed by atoms with van der Waals surface area (Å²) in [6.45, 7) is 0.230. The lowest BCUT2D eigenvalue weighted by Gasteiger charge is -2.45. The molecule has 0 saturated carbocycles. The van der Waals surface area contributed by atoms with Crippen LogP contribution in [0.25, 0.3) is 0 Å². The van der Waals surface area contributed by atoms with Gasteiger partial charge in [0, 0.05) is 28.4 Å². The highest BCUT2D eigenvalue weighted by Crippen LogP contribution is 2.41. The first-order valence-corrected chi connectivity index (χ1v) is 11.8. The van der Waals surface area contributed by atoms with Crippen molar-refractivity contribution < 1.29 is 28.4 Å². The Bertz CT molecular complexity index is 916. The molecule has 6 nitrogen and oxygen atoms in total. The maximum absolute atomic E-state index is 6.96. The number of methoxy groups -OCH3 is 4. The summed E-state index contributed by atoms with van der Waals surface area (Å²) in [6, 6.07) is 30.7. The van der Waals surface area contributed by atoms with E-state index in [1.165, 1.54) is 0 Å². The Morgan fingerprint density at radius 3 is 1.37 bits per heavy atom. The first kappa shape index (κ1) is 25.5. The van der Waals surface area contributed by atoms with Gasteiger partial charge in [0.05, 0.1) is 6.61 Å². The highest BCUT2D eigenvalue weighted by atomic mass is 16.7. The molecule has 0 radical (unpaired) electrons. The van der Waals surface area contributed by atoms with Crippen LogP contribution in [-0.4, -0.2) is 65.8 Å². The monoisotopic (exact) mass is 478 g/mol. The molecule has 0 amide bonds. The Kier molecular flexibility index (Phi) is 8.68. The lowest BCUT2D eigenvalue weighted by molar-refractivity contribution is -0.310. The lowest BCUT2D eigenvalue weighted by Crippen LogP contribution is -2.61. The first-order valence-electron chi connectivity index (χ1n) is 11.8. The molecule has 5 atom stereocenters. The molecule has 3 aromatic carbocycles. The molecule has 3 aromatic rings. The van der Waals surface area contributed by atoms with Gasteiger partial charge in [0.2, 0.25) is 0 Å². The van der Waals surface area contributed by atoms with Crippen molar-refractivity contribution in [2.45, 2.75) is 36.3 Å². The van der Waals surface area contributed by atoms with Gasteiger partial charge < -0.3 is 28.4 Å². The van der Waals surface area contributed by atoms with Gasteiger partial charge in [-0.25, -0.2) is 0 Å². The van der Waals surface area contributed by atoms with Crippen LogP contribution >= 0.6 is 0 Å². The van der Waals surface area contributed by atoms with E-state index in [2.05, 4.69) is 36.4 Å². The summed E-state index contributed by atoms with van der Waals surface area (Å²) in [5.74, 6) is 0. The van der Waals surface area contributed by atoms with Gasteiger partial charge in [-0.2, -0.15) is 0 Å². The second kappa shape index (κ2) is 11.9. The summed E-state index contributed by atoms with van der Waals surface area (Å²) in [5, 5.41) is 0. The SMILES string of the molecule is CO[C@H]1O[C@H](COC(c2ccccc2)(c2ccccc2)c2ccccc2)[C@@H](OC)[C@H](OC)[C@@H]1OC. The molecule has 0 spiro atoms. The fourth-order valence-electron chi connectivity index (χ4n) is 4.98. The molecule has 0 aromatic heterocycles. The number of hydrogen-bond donors (Lipinski definition) is 0. The van der Waals surface area contributed by atoms with Crippen LogP contribution in [0.1, 0.15) is 16.7 Å². The van der Waals surface area contributed by atoms with Gasteiger partial charge in [-0.05, 0) is 16.7 Å². The van der Waals surface area contributed by atoms with Gasteiger partial charge in [-0.3, -0.25) is 0 Å². The fraction of sp³-hybridized carbons (Fsp3) is 0.379. The van der Waals surface area contributed by atoms with E-state index >= 15 is 0 Å². The van der Waals surface area contributed by atoms with E-state index in [0.717, 1.165) is 16.7 Å². The molecule has 1 heterocycles. The normalized spacial score (nSPS) is 24.9. The average Bonchev–Trinajstić information content (AvgIpc) is 2.94. The lowest BCUT2D eigenvalue weighted by atomic mass is 9.80. The van der Waals surface area contributed by atoms with Crippen molar-refractivity contribution in [2.24, 2.45) is 0 Å². The summed E-state index contributed by atoms with van der Waals surface area (Å²) < 4.78 is 36.1. The predicted molar refractivity (Wildman–Crippen MR) is 133 cm³/mol. The number of benzene rings is 3. The summed E-state index contributed by atoms with van der Waals surface area (Å²) >= 11 is 0. The zero-order valence-electron chi connectivity index (χ0n) is 20.7. The largest absolute Gasteiger partial charge is 0.376 e. The van der Waals surface area contributed by atoms with E-state index < -0.39 is 36.3 Å². The quantitative estimate of drug-likeness (QED) is 0.403. The van der Waals surface area contributed by atoms with E-state index in [-0.39, 0.29) is 6.61 Å². The molecule has 4 rings (SSSR count).